The van der Waals surface area contributed by atoms with Crippen LogP contribution < -0.4 is 20.1 Å². The number of methoxy groups -OCH3 is 1. The number of hydrogen-bond acceptors (Lipinski definition) is 6. The number of rotatable bonds is 6. The fourth-order valence-electron chi connectivity index (χ4n) is 2.34. The van der Waals surface area contributed by atoms with Crippen LogP contribution >= 0.6 is 35.6 Å². The second-order valence-corrected chi connectivity index (χ2v) is 7.47. The highest BCUT2D eigenvalue weighted by molar-refractivity contribution is 8.19. The summed E-state index contributed by atoms with van der Waals surface area (Å²) in [5.41, 5.74) is 1.41. The van der Waals surface area contributed by atoms with Crippen LogP contribution in [0.5, 0.6) is 11.5 Å². The Labute approximate surface area is 176 Å². The van der Waals surface area contributed by atoms with Gasteiger partial charge in [-0.15, -0.1) is 0 Å². The smallest absolute Gasteiger partial charge is 0.289 e. The van der Waals surface area contributed by atoms with Gasteiger partial charge in [-0.1, -0.05) is 29.9 Å². The summed E-state index contributed by atoms with van der Waals surface area (Å²) in [6.45, 7) is -0.183. The van der Waals surface area contributed by atoms with E-state index in [1.807, 2.05) is 0 Å². The molecule has 3 rings (SSSR count). The molecule has 1 aliphatic heterocycles. The van der Waals surface area contributed by atoms with Crippen LogP contribution in [-0.4, -0.2) is 29.9 Å². The largest absolute Gasteiger partial charge is 0.493 e. The average molecular weight is 435 g/mol. The first-order chi connectivity index (χ1) is 13.4. The highest BCUT2D eigenvalue weighted by Crippen LogP contribution is 2.31. The van der Waals surface area contributed by atoms with Crippen molar-refractivity contribution in [2.45, 2.75) is 0 Å². The first-order valence-corrected chi connectivity index (χ1v) is 9.66. The third-order valence-electron chi connectivity index (χ3n) is 3.61. The van der Waals surface area contributed by atoms with Gasteiger partial charge in [-0.3, -0.25) is 9.59 Å². The van der Waals surface area contributed by atoms with E-state index < -0.39 is 0 Å². The van der Waals surface area contributed by atoms with E-state index in [9.17, 15) is 9.59 Å². The highest BCUT2D eigenvalue weighted by atomic mass is 35.5. The Kier molecular flexibility index (Phi) is 6.56. The number of hydrogen-bond donors (Lipinski definition) is 2. The van der Waals surface area contributed by atoms with Crippen LogP contribution in [0.4, 0.5) is 10.5 Å². The number of anilines is 1. The van der Waals surface area contributed by atoms with Gasteiger partial charge in [-0.05, 0) is 59.8 Å². The Hall–Kier alpha value is -2.55. The molecule has 0 aromatic heterocycles. The molecular weight excluding hydrogens is 420 g/mol. The third-order valence-corrected chi connectivity index (χ3v) is 5.15. The molecule has 0 aliphatic carbocycles. The minimum Gasteiger partial charge on any atom is -0.493 e. The molecule has 144 valence electrons. The van der Waals surface area contributed by atoms with Crippen molar-refractivity contribution >= 4 is 63.5 Å². The van der Waals surface area contributed by atoms with Gasteiger partial charge in [0.15, 0.2) is 18.1 Å². The first kappa shape index (κ1) is 20.2. The van der Waals surface area contributed by atoms with Crippen molar-refractivity contribution in [3.05, 3.63) is 58.0 Å². The van der Waals surface area contributed by atoms with Crippen LogP contribution in [0.2, 0.25) is 5.02 Å². The zero-order chi connectivity index (χ0) is 20.1. The molecular formula is C19H15ClN2O4S2. The summed E-state index contributed by atoms with van der Waals surface area (Å²) in [7, 11) is 1.51. The number of carbonyl (C=O) groups excluding carboxylic acids is 2. The van der Waals surface area contributed by atoms with Gasteiger partial charge in [0.25, 0.3) is 11.1 Å². The second kappa shape index (κ2) is 9.09. The van der Waals surface area contributed by atoms with E-state index in [2.05, 4.69) is 10.6 Å². The van der Waals surface area contributed by atoms with E-state index in [4.69, 9.17) is 33.3 Å². The first-order valence-electron chi connectivity index (χ1n) is 8.06. The van der Waals surface area contributed by atoms with E-state index >= 15 is 0 Å². The van der Waals surface area contributed by atoms with E-state index in [1.54, 1.807) is 48.5 Å². The Morgan fingerprint density at radius 2 is 2.00 bits per heavy atom. The molecule has 0 spiro atoms. The fraction of sp³-hybridized carbons (Fsp3) is 0.105. The minimum atomic E-state index is -0.312. The fourth-order valence-corrected chi connectivity index (χ4v) is 3.50. The molecule has 0 atom stereocenters. The Bertz CT molecular complexity index is 961. The van der Waals surface area contributed by atoms with Gasteiger partial charge in [-0.2, -0.15) is 0 Å². The Morgan fingerprint density at radius 1 is 1.25 bits per heavy atom. The molecule has 2 N–H and O–H groups in total. The molecule has 1 aliphatic rings. The number of ether oxygens (including phenoxy) is 2. The number of thiocarbonyl (C=S) groups is 1. The molecule has 6 nitrogen and oxygen atoms in total. The summed E-state index contributed by atoms with van der Waals surface area (Å²) < 4.78 is 10.9. The summed E-state index contributed by atoms with van der Waals surface area (Å²) in [6, 6.07) is 12.0. The highest BCUT2D eigenvalue weighted by Gasteiger charge is 2.21. The summed E-state index contributed by atoms with van der Waals surface area (Å²) in [4.78, 5) is 24.5. The zero-order valence-electron chi connectivity index (χ0n) is 14.7. The summed E-state index contributed by atoms with van der Waals surface area (Å²) in [5, 5.41) is 5.67. The van der Waals surface area contributed by atoms with Crippen molar-refractivity contribution in [3.63, 3.8) is 0 Å². The lowest BCUT2D eigenvalue weighted by Gasteiger charge is -2.12. The van der Waals surface area contributed by atoms with E-state index in [1.165, 1.54) is 7.11 Å². The molecule has 2 aromatic carbocycles. The lowest BCUT2D eigenvalue weighted by Crippen LogP contribution is -2.20. The molecule has 2 amide bonds. The number of nitrogens with one attached hydrogen (secondary N) is 2. The predicted octanol–water partition coefficient (Wildman–Crippen LogP) is 4.49. The van der Waals surface area contributed by atoms with Crippen LogP contribution in [0.3, 0.4) is 0 Å². The average Bonchev–Trinajstić information content (AvgIpc) is 2.99. The molecule has 1 saturated heterocycles. The standard InChI is InChI=1S/C19H15ClN2O4S2/c1-25-15-8-11(9-16-18(27)22-19(24)28-16)2-7-14(15)26-10-17(23)21-13-5-3-12(20)4-6-13/h2-9H,10H2,1H3,(H,21,23)(H,22,24,27)/b16-9-. The van der Waals surface area contributed by atoms with Crippen LogP contribution in [0, 0.1) is 0 Å². The molecule has 1 heterocycles. The molecule has 0 unspecified atom stereocenters. The number of amides is 2. The molecule has 1 fully saturated rings. The van der Waals surface area contributed by atoms with Crippen molar-refractivity contribution in [2.75, 3.05) is 19.0 Å². The van der Waals surface area contributed by atoms with Crippen molar-refractivity contribution in [2.24, 2.45) is 0 Å². The third kappa shape index (κ3) is 5.25. The van der Waals surface area contributed by atoms with E-state index in [-0.39, 0.29) is 17.8 Å². The van der Waals surface area contributed by atoms with Crippen LogP contribution in [0.15, 0.2) is 47.4 Å². The summed E-state index contributed by atoms with van der Waals surface area (Å²) >= 11 is 12.0. The summed E-state index contributed by atoms with van der Waals surface area (Å²) in [5.74, 6) is 0.571. The van der Waals surface area contributed by atoms with Gasteiger partial charge in [0.05, 0.1) is 12.0 Å². The van der Waals surface area contributed by atoms with Gasteiger partial charge in [0.2, 0.25) is 0 Å². The molecule has 0 saturated carbocycles. The monoisotopic (exact) mass is 434 g/mol. The molecule has 0 radical (unpaired) electrons. The van der Waals surface area contributed by atoms with Gasteiger partial charge >= 0.3 is 0 Å². The molecule has 2 aromatic rings. The minimum absolute atomic E-state index is 0.183. The maximum Gasteiger partial charge on any atom is 0.289 e. The summed E-state index contributed by atoms with van der Waals surface area (Å²) in [6.07, 6.45) is 1.78. The number of halogens is 1. The van der Waals surface area contributed by atoms with Gasteiger partial charge in [-0.25, -0.2) is 0 Å². The van der Waals surface area contributed by atoms with E-state index in [0.717, 1.165) is 17.3 Å². The molecule has 28 heavy (non-hydrogen) atoms. The van der Waals surface area contributed by atoms with Gasteiger partial charge in [0.1, 0.15) is 4.99 Å². The zero-order valence-corrected chi connectivity index (χ0v) is 17.0. The topological polar surface area (TPSA) is 76.7 Å². The van der Waals surface area contributed by atoms with Gasteiger partial charge in [0, 0.05) is 10.7 Å². The van der Waals surface area contributed by atoms with Crippen LogP contribution in [0.25, 0.3) is 6.08 Å². The normalized spacial score (nSPS) is 14.7. The molecule has 0 bridgehead atoms. The molecule has 9 heteroatoms. The number of benzene rings is 2. The van der Waals surface area contributed by atoms with Crippen molar-refractivity contribution in [3.8, 4) is 11.5 Å². The lowest BCUT2D eigenvalue weighted by atomic mass is 10.2. The van der Waals surface area contributed by atoms with Crippen molar-refractivity contribution < 1.29 is 19.1 Å². The second-order valence-electron chi connectivity index (χ2n) is 5.61. The van der Waals surface area contributed by atoms with Crippen LogP contribution in [-0.2, 0) is 4.79 Å². The van der Waals surface area contributed by atoms with E-state index in [0.29, 0.717) is 32.1 Å². The predicted molar refractivity (Wildman–Crippen MR) is 115 cm³/mol. The quantitative estimate of drug-likeness (QED) is 0.515. The number of carbonyl (C=O) groups is 2. The SMILES string of the molecule is COc1cc(/C=C2\SC(=O)NC2=S)ccc1OCC(=O)Nc1ccc(Cl)cc1. The van der Waals surface area contributed by atoms with Gasteiger partial charge < -0.3 is 20.1 Å². The maximum atomic E-state index is 12.1. The van der Waals surface area contributed by atoms with Crippen LogP contribution in [0.1, 0.15) is 5.56 Å². The van der Waals surface area contributed by atoms with Crippen molar-refractivity contribution in [1.29, 1.82) is 0 Å². The number of thioether (sulfide) groups is 1. The van der Waals surface area contributed by atoms with Crippen molar-refractivity contribution in [1.82, 2.24) is 5.32 Å². The Balaban J connectivity index is 1.64. The Morgan fingerprint density at radius 3 is 2.64 bits per heavy atom. The lowest BCUT2D eigenvalue weighted by molar-refractivity contribution is -0.118. The maximum absolute atomic E-state index is 12.1.